The average molecular weight is 244 g/mol. The number of halogens is 1. The van der Waals surface area contributed by atoms with Crippen molar-refractivity contribution in [3.05, 3.63) is 16.9 Å². The van der Waals surface area contributed by atoms with E-state index >= 15 is 0 Å². The first-order chi connectivity index (χ1) is 6.34. The molecule has 1 atom stereocenters. The number of aromatic nitrogens is 2. The van der Waals surface area contributed by atoms with Gasteiger partial charge in [-0.2, -0.15) is 5.10 Å². The van der Waals surface area contributed by atoms with Gasteiger partial charge in [-0.15, -0.1) is 0 Å². The topological polar surface area (TPSA) is 29.9 Å². The van der Waals surface area contributed by atoms with Gasteiger partial charge in [-0.3, -0.25) is 4.68 Å². The Balaban J connectivity index is 1.89. The maximum atomic E-state index is 4.24. The Labute approximate surface area is 86.6 Å². The minimum Gasteiger partial charge on any atom is -0.312 e. The van der Waals surface area contributed by atoms with Crippen LogP contribution in [0.1, 0.15) is 19.3 Å². The molecule has 13 heavy (non-hydrogen) atoms. The molecule has 1 N–H and O–H groups in total. The molecule has 4 heteroatoms. The summed E-state index contributed by atoms with van der Waals surface area (Å²) in [7, 11) is 0. The molecule has 1 fully saturated rings. The highest BCUT2D eigenvalue weighted by molar-refractivity contribution is 9.10. The fourth-order valence-corrected chi connectivity index (χ4v) is 2.07. The summed E-state index contributed by atoms with van der Waals surface area (Å²) in [5, 5.41) is 7.74. The quantitative estimate of drug-likeness (QED) is 0.859. The van der Waals surface area contributed by atoms with E-state index in [0.717, 1.165) is 17.6 Å². The standard InChI is InChI=1S/C9H14BrN3/c10-8-5-12-13(6-8)7-9-3-1-2-4-11-9/h5-6,9,11H,1-4,7H2/t9-/m1/s1. The molecule has 0 aromatic carbocycles. The number of piperidine rings is 1. The fraction of sp³-hybridized carbons (Fsp3) is 0.667. The number of hydrogen-bond acceptors (Lipinski definition) is 2. The molecule has 3 nitrogen and oxygen atoms in total. The third-order valence-corrected chi connectivity index (χ3v) is 2.83. The molecule has 1 aliphatic rings. The predicted octanol–water partition coefficient (Wildman–Crippen LogP) is 1.79. The third kappa shape index (κ3) is 2.54. The van der Waals surface area contributed by atoms with E-state index in [-0.39, 0.29) is 0 Å². The lowest BCUT2D eigenvalue weighted by Crippen LogP contribution is -2.37. The van der Waals surface area contributed by atoms with Crippen LogP contribution in [0.25, 0.3) is 0 Å². The minimum absolute atomic E-state index is 0.612. The molecular weight excluding hydrogens is 230 g/mol. The zero-order valence-electron chi connectivity index (χ0n) is 7.54. The molecule has 0 unspecified atom stereocenters. The van der Waals surface area contributed by atoms with Crippen LogP contribution in [0, 0.1) is 0 Å². The van der Waals surface area contributed by atoms with Gasteiger partial charge < -0.3 is 5.32 Å². The summed E-state index contributed by atoms with van der Waals surface area (Å²) in [6.45, 7) is 2.15. The molecule has 1 aliphatic heterocycles. The first-order valence-electron chi connectivity index (χ1n) is 4.76. The zero-order valence-corrected chi connectivity index (χ0v) is 9.13. The second kappa shape index (κ2) is 4.24. The first kappa shape index (κ1) is 9.21. The largest absolute Gasteiger partial charge is 0.312 e. The van der Waals surface area contributed by atoms with Crippen molar-refractivity contribution in [2.75, 3.05) is 6.54 Å². The van der Waals surface area contributed by atoms with Crippen LogP contribution < -0.4 is 5.32 Å². The van der Waals surface area contributed by atoms with Crippen molar-refractivity contribution >= 4 is 15.9 Å². The molecule has 0 spiro atoms. The van der Waals surface area contributed by atoms with Crippen LogP contribution in [0.4, 0.5) is 0 Å². The summed E-state index contributed by atoms with van der Waals surface area (Å²) in [5.74, 6) is 0. The van der Waals surface area contributed by atoms with Gasteiger partial charge in [0.15, 0.2) is 0 Å². The lowest BCUT2D eigenvalue weighted by Gasteiger charge is -2.23. The van der Waals surface area contributed by atoms with E-state index < -0.39 is 0 Å². The van der Waals surface area contributed by atoms with Crippen LogP contribution >= 0.6 is 15.9 Å². The van der Waals surface area contributed by atoms with Gasteiger partial charge >= 0.3 is 0 Å². The monoisotopic (exact) mass is 243 g/mol. The molecule has 1 aromatic heterocycles. The van der Waals surface area contributed by atoms with Crippen molar-refractivity contribution < 1.29 is 0 Å². The summed E-state index contributed by atoms with van der Waals surface area (Å²) >= 11 is 3.39. The number of rotatable bonds is 2. The van der Waals surface area contributed by atoms with Crippen molar-refractivity contribution in [2.24, 2.45) is 0 Å². The second-order valence-corrected chi connectivity index (χ2v) is 4.44. The van der Waals surface area contributed by atoms with Gasteiger partial charge in [0.05, 0.1) is 17.2 Å². The number of hydrogen-bond donors (Lipinski definition) is 1. The fourth-order valence-electron chi connectivity index (χ4n) is 1.74. The zero-order chi connectivity index (χ0) is 9.10. The molecule has 1 aromatic rings. The summed E-state index contributed by atoms with van der Waals surface area (Å²) in [4.78, 5) is 0. The van der Waals surface area contributed by atoms with Gasteiger partial charge in [-0.1, -0.05) is 6.42 Å². The Bertz CT molecular complexity index is 266. The van der Waals surface area contributed by atoms with Gasteiger partial charge in [0, 0.05) is 12.2 Å². The molecule has 2 rings (SSSR count). The summed E-state index contributed by atoms with van der Waals surface area (Å²) in [5.41, 5.74) is 0. The second-order valence-electron chi connectivity index (χ2n) is 3.53. The Kier molecular flexibility index (Phi) is 3.01. The molecule has 0 saturated carbocycles. The maximum absolute atomic E-state index is 4.24. The van der Waals surface area contributed by atoms with Crippen molar-refractivity contribution in [1.82, 2.24) is 15.1 Å². The van der Waals surface area contributed by atoms with Gasteiger partial charge in [-0.05, 0) is 35.3 Å². The lowest BCUT2D eigenvalue weighted by molar-refractivity contribution is 0.351. The van der Waals surface area contributed by atoms with Crippen molar-refractivity contribution in [3.8, 4) is 0 Å². The average Bonchev–Trinajstić information content (AvgIpc) is 2.53. The van der Waals surface area contributed by atoms with E-state index in [1.807, 2.05) is 17.1 Å². The van der Waals surface area contributed by atoms with Crippen molar-refractivity contribution in [3.63, 3.8) is 0 Å². The van der Waals surface area contributed by atoms with E-state index in [0.29, 0.717) is 6.04 Å². The Morgan fingerprint density at radius 1 is 1.62 bits per heavy atom. The van der Waals surface area contributed by atoms with Gasteiger partial charge in [-0.25, -0.2) is 0 Å². The molecule has 0 aliphatic carbocycles. The van der Waals surface area contributed by atoms with E-state index in [1.165, 1.54) is 19.3 Å². The summed E-state index contributed by atoms with van der Waals surface area (Å²) in [6.07, 6.45) is 7.80. The first-order valence-corrected chi connectivity index (χ1v) is 5.55. The third-order valence-electron chi connectivity index (χ3n) is 2.42. The van der Waals surface area contributed by atoms with Gasteiger partial charge in [0.1, 0.15) is 0 Å². The van der Waals surface area contributed by atoms with Crippen molar-refractivity contribution in [1.29, 1.82) is 0 Å². The van der Waals surface area contributed by atoms with Crippen LogP contribution in [0.15, 0.2) is 16.9 Å². The van der Waals surface area contributed by atoms with Crippen LogP contribution in [0.3, 0.4) is 0 Å². The minimum atomic E-state index is 0.612. The molecule has 1 saturated heterocycles. The Hall–Kier alpha value is -0.350. The molecular formula is C9H14BrN3. The van der Waals surface area contributed by atoms with E-state index in [1.54, 1.807) is 0 Å². The molecule has 2 heterocycles. The maximum Gasteiger partial charge on any atom is 0.0632 e. The van der Waals surface area contributed by atoms with Crippen LogP contribution in [0.5, 0.6) is 0 Å². The van der Waals surface area contributed by atoms with E-state index in [2.05, 4.69) is 26.3 Å². The highest BCUT2D eigenvalue weighted by Gasteiger charge is 2.12. The summed E-state index contributed by atoms with van der Waals surface area (Å²) < 4.78 is 3.05. The van der Waals surface area contributed by atoms with Gasteiger partial charge in [0.25, 0.3) is 0 Å². The smallest absolute Gasteiger partial charge is 0.0632 e. The van der Waals surface area contributed by atoms with Crippen LogP contribution in [0.2, 0.25) is 0 Å². The normalized spacial score (nSPS) is 23.3. The number of nitrogens with zero attached hydrogens (tertiary/aromatic N) is 2. The molecule has 0 radical (unpaired) electrons. The Morgan fingerprint density at radius 3 is 3.15 bits per heavy atom. The number of nitrogens with one attached hydrogen (secondary N) is 1. The summed E-state index contributed by atoms with van der Waals surface area (Å²) in [6, 6.07) is 0.612. The lowest BCUT2D eigenvalue weighted by atomic mass is 10.1. The van der Waals surface area contributed by atoms with E-state index in [9.17, 15) is 0 Å². The Morgan fingerprint density at radius 2 is 2.54 bits per heavy atom. The predicted molar refractivity (Wildman–Crippen MR) is 55.6 cm³/mol. The SMILES string of the molecule is Brc1cnn(C[C@H]2CCCCN2)c1. The van der Waals surface area contributed by atoms with Gasteiger partial charge in [0.2, 0.25) is 0 Å². The van der Waals surface area contributed by atoms with Crippen LogP contribution in [-0.4, -0.2) is 22.4 Å². The van der Waals surface area contributed by atoms with E-state index in [4.69, 9.17) is 0 Å². The molecule has 0 amide bonds. The molecule has 0 bridgehead atoms. The van der Waals surface area contributed by atoms with Crippen molar-refractivity contribution in [2.45, 2.75) is 31.8 Å². The van der Waals surface area contributed by atoms with Crippen LogP contribution in [-0.2, 0) is 6.54 Å². The highest BCUT2D eigenvalue weighted by Crippen LogP contribution is 2.11. The molecule has 72 valence electrons. The highest BCUT2D eigenvalue weighted by atomic mass is 79.9.